The first-order valence-electron chi connectivity index (χ1n) is 12.9. The smallest absolute Gasteiger partial charge is 0.315 e. The highest BCUT2D eigenvalue weighted by atomic mass is 16.5. The Morgan fingerprint density at radius 3 is 2.34 bits per heavy atom. The van der Waals surface area contributed by atoms with E-state index in [2.05, 4.69) is 6.07 Å². The topological polar surface area (TPSA) is 113 Å². The Bertz CT molecular complexity index is 1620. The maximum Gasteiger partial charge on any atom is 0.315 e. The molecule has 8 nitrogen and oxygen atoms in total. The summed E-state index contributed by atoms with van der Waals surface area (Å²) >= 11 is 0. The number of nitriles is 1. The van der Waals surface area contributed by atoms with Crippen LogP contribution in [0.25, 0.3) is 0 Å². The number of hydrogen-bond acceptors (Lipinski definition) is 8. The van der Waals surface area contributed by atoms with E-state index in [9.17, 15) is 10.1 Å². The summed E-state index contributed by atoms with van der Waals surface area (Å²) in [6.45, 7) is 0.382. The average Bonchev–Trinajstić information content (AvgIpc) is 3.00. The SMILES string of the molecule is COc1ccc(CC(=O)Oc2ccc3c(c2)OC(N)=C(C#N)C3c2ccc(OCc3ccccc3)c(OC)c2)cc1. The minimum atomic E-state index is -0.523. The van der Waals surface area contributed by atoms with E-state index in [0.29, 0.717) is 40.9 Å². The molecule has 0 fully saturated rings. The van der Waals surface area contributed by atoms with Crippen molar-refractivity contribution in [1.82, 2.24) is 0 Å². The van der Waals surface area contributed by atoms with Crippen LogP contribution in [-0.2, 0) is 17.8 Å². The van der Waals surface area contributed by atoms with E-state index < -0.39 is 11.9 Å². The molecule has 41 heavy (non-hydrogen) atoms. The first-order chi connectivity index (χ1) is 20.0. The van der Waals surface area contributed by atoms with Gasteiger partial charge < -0.3 is 29.4 Å². The Morgan fingerprint density at radius 2 is 1.63 bits per heavy atom. The molecular formula is C33H28N2O6. The predicted molar refractivity (Wildman–Crippen MR) is 152 cm³/mol. The first-order valence-corrected chi connectivity index (χ1v) is 12.9. The van der Waals surface area contributed by atoms with Gasteiger partial charge in [0.1, 0.15) is 35.5 Å². The van der Waals surface area contributed by atoms with Crippen LogP contribution in [0.3, 0.4) is 0 Å². The number of esters is 1. The molecule has 0 saturated heterocycles. The molecule has 0 amide bonds. The minimum Gasteiger partial charge on any atom is -0.497 e. The van der Waals surface area contributed by atoms with Crippen molar-refractivity contribution in [2.24, 2.45) is 5.73 Å². The van der Waals surface area contributed by atoms with E-state index in [4.69, 9.17) is 29.4 Å². The summed E-state index contributed by atoms with van der Waals surface area (Å²) in [5.74, 6) is 1.52. The lowest BCUT2D eigenvalue weighted by Crippen LogP contribution is -2.21. The first kappa shape index (κ1) is 27.2. The second-order valence-electron chi connectivity index (χ2n) is 9.31. The standard InChI is InChI=1S/C33H28N2O6/c1-37-24-11-8-21(9-12-24)16-31(36)40-25-13-14-26-29(18-25)41-33(35)27(19-34)32(26)23-10-15-28(30(17-23)38-2)39-20-22-6-4-3-5-7-22/h3-15,17-18,32H,16,20,35H2,1-2H3. The van der Waals surface area contributed by atoms with Crippen LogP contribution < -0.4 is 29.4 Å². The number of allylic oxidation sites excluding steroid dienone is 1. The van der Waals surface area contributed by atoms with Crippen molar-refractivity contribution < 1.29 is 28.5 Å². The number of hydrogen-bond donors (Lipinski definition) is 1. The second-order valence-corrected chi connectivity index (χ2v) is 9.31. The summed E-state index contributed by atoms with van der Waals surface area (Å²) in [5.41, 5.74) is 9.73. The van der Waals surface area contributed by atoms with Crippen molar-refractivity contribution in [3.8, 4) is 34.8 Å². The summed E-state index contributed by atoms with van der Waals surface area (Å²) in [7, 11) is 3.15. The predicted octanol–water partition coefficient (Wildman–Crippen LogP) is 5.65. The van der Waals surface area contributed by atoms with Gasteiger partial charge in [0, 0.05) is 11.6 Å². The molecule has 4 aromatic rings. The Balaban J connectivity index is 1.38. The molecule has 0 saturated carbocycles. The molecule has 0 aliphatic carbocycles. The van der Waals surface area contributed by atoms with Crippen LogP contribution in [0.5, 0.6) is 28.7 Å². The molecule has 4 aromatic carbocycles. The number of methoxy groups -OCH3 is 2. The Labute approximate surface area is 238 Å². The van der Waals surface area contributed by atoms with Gasteiger partial charge >= 0.3 is 5.97 Å². The van der Waals surface area contributed by atoms with Crippen LogP contribution in [0.15, 0.2) is 102 Å². The van der Waals surface area contributed by atoms with Crippen LogP contribution in [-0.4, -0.2) is 20.2 Å². The van der Waals surface area contributed by atoms with Crippen LogP contribution >= 0.6 is 0 Å². The van der Waals surface area contributed by atoms with Gasteiger partial charge in [-0.15, -0.1) is 0 Å². The van der Waals surface area contributed by atoms with Gasteiger partial charge in [0.05, 0.1) is 26.6 Å². The summed E-state index contributed by atoms with van der Waals surface area (Å²) in [5, 5.41) is 9.96. The number of benzene rings is 4. The number of carbonyl (C=O) groups excluding carboxylic acids is 1. The van der Waals surface area contributed by atoms with E-state index >= 15 is 0 Å². The molecule has 8 heteroatoms. The highest BCUT2D eigenvalue weighted by Gasteiger charge is 2.31. The van der Waals surface area contributed by atoms with Crippen molar-refractivity contribution in [2.45, 2.75) is 18.9 Å². The van der Waals surface area contributed by atoms with E-state index in [0.717, 1.165) is 16.7 Å². The van der Waals surface area contributed by atoms with Crippen molar-refractivity contribution >= 4 is 5.97 Å². The fourth-order valence-corrected chi connectivity index (χ4v) is 4.64. The molecule has 1 atom stereocenters. The zero-order valence-corrected chi connectivity index (χ0v) is 22.6. The van der Waals surface area contributed by atoms with Crippen molar-refractivity contribution in [2.75, 3.05) is 14.2 Å². The van der Waals surface area contributed by atoms with Gasteiger partial charge in [0.2, 0.25) is 5.88 Å². The van der Waals surface area contributed by atoms with Gasteiger partial charge in [-0.25, -0.2) is 0 Å². The van der Waals surface area contributed by atoms with Crippen molar-refractivity contribution in [1.29, 1.82) is 5.26 Å². The van der Waals surface area contributed by atoms with Crippen LogP contribution in [0.4, 0.5) is 0 Å². The van der Waals surface area contributed by atoms with Crippen molar-refractivity contribution in [3.63, 3.8) is 0 Å². The van der Waals surface area contributed by atoms with Crippen molar-refractivity contribution in [3.05, 3.63) is 125 Å². The Kier molecular flexibility index (Phi) is 8.07. The third kappa shape index (κ3) is 6.10. The van der Waals surface area contributed by atoms with Crippen LogP contribution in [0, 0.1) is 11.3 Å². The number of nitrogens with two attached hydrogens (primary N) is 1. The van der Waals surface area contributed by atoms with Gasteiger partial charge in [-0.05, 0) is 47.0 Å². The number of ether oxygens (including phenoxy) is 5. The maximum absolute atomic E-state index is 12.6. The normalized spacial score (nSPS) is 13.8. The molecule has 1 aliphatic heterocycles. The van der Waals surface area contributed by atoms with Gasteiger partial charge in [0.15, 0.2) is 11.5 Å². The van der Waals surface area contributed by atoms with E-state index in [1.807, 2.05) is 60.7 Å². The zero-order chi connectivity index (χ0) is 28.8. The summed E-state index contributed by atoms with van der Waals surface area (Å²) in [4.78, 5) is 12.6. The molecule has 1 heterocycles. The minimum absolute atomic E-state index is 0.0184. The summed E-state index contributed by atoms with van der Waals surface area (Å²) in [6, 6.07) is 29.8. The van der Waals surface area contributed by atoms with E-state index in [1.165, 1.54) is 0 Å². The summed E-state index contributed by atoms with van der Waals surface area (Å²) in [6.07, 6.45) is 0.0870. The number of carbonyl (C=O) groups is 1. The Morgan fingerprint density at radius 1 is 0.878 bits per heavy atom. The summed E-state index contributed by atoms with van der Waals surface area (Å²) < 4.78 is 28.2. The largest absolute Gasteiger partial charge is 0.497 e. The monoisotopic (exact) mass is 548 g/mol. The van der Waals surface area contributed by atoms with Crippen LogP contribution in [0.1, 0.15) is 28.2 Å². The lowest BCUT2D eigenvalue weighted by atomic mass is 9.83. The molecule has 0 aromatic heterocycles. The van der Waals surface area contributed by atoms with Gasteiger partial charge in [-0.2, -0.15) is 5.26 Å². The molecule has 0 bridgehead atoms. The third-order valence-corrected chi connectivity index (χ3v) is 6.69. The highest BCUT2D eigenvalue weighted by molar-refractivity contribution is 5.75. The highest BCUT2D eigenvalue weighted by Crippen LogP contribution is 2.45. The van der Waals surface area contributed by atoms with Gasteiger partial charge in [-0.1, -0.05) is 54.6 Å². The number of rotatable bonds is 9. The molecule has 1 aliphatic rings. The molecule has 1 unspecified atom stereocenters. The number of nitrogens with zero attached hydrogens (tertiary/aromatic N) is 1. The van der Waals surface area contributed by atoms with Crippen LogP contribution in [0.2, 0.25) is 0 Å². The average molecular weight is 549 g/mol. The third-order valence-electron chi connectivity index (χ3n) is 6.69. The molecule has 0 spiro atoms. The zero-order valence-electron chi connectivity index (χ0n) is 22.6. The fourth-order valence-electron chi connectivity index (χ4n) is 4.64. The Hall–Kier alpha value is -5.42. The molecule has 0 radical (unpaired) electrons. The lowest BCUT2D eigenvalue weighted by Gasteiger charge is -2.27. The fraction of sp³-hybridized carbons (Fsp3) is 0.152. The van der Waals surface area contributed by atoms with Gasteiger partial charge in [0.25, 0.3) is 0 Å². The van der Waals surface area contributed by atoms with E-state index in [1.54, 1.807) is 44.6 Å². The molecular weight excluding hydrogens is 520 g/mol. The molecule has 206 valence electrons. The number of fused-ring (bicyclic) bond motifs is 1. The van der Waals surface area contributed by atoms with Gasteiger partial charge in [-0.3, -0.25) is 4.79 Å². The quantitative estimate of drug-likeness (QED) is 0.211. The maximum atomic E-state index is 12.6. The van der Waals surface area contributed by atoms with E-state index in [-0.39, 0.29) is 17.9 Å². The molecule has 2 N–H and O–H groups in total. The lowest BCUT2D eigenvalue weighted by molar-refractivity contribution is -0.133. The second kappa shape index (κ2) is 12.2. The molecule has 5 rings (SSSR count).